The Hall–Kier alpha value is -7.48. The summed E-state index contributed by atoms with van der Waals surface area (Å²) in [6.07, 6.45) is 7.59. The second-order valence-electron chi connectivity index (χ2n) is 19.6. The van der Waals surface area contributed by atoms with Gasteiger partial charge in [-0.1, -0.05) is 194 Å². The second kappa shape index (κ2) is 14.3. The Morgan fingerprint density at radius 1 is 0.409 bits per heavy atom. The standard InChI is InChI=1S/C65H49N/c1-42-36-43-34-35-64(46(37-42)38-43)60-26-14-12-24-55(60)57-32-29-48(40-62(57)64)66(47-28-31-54-52-22-9-8-20-50(52)51-21-10-11-23-53(51)59(54)39-47)49-30-33-58-56-25-13-15-27-61(56)65(63(58)41-49,44-16-4-2-5-17-44)45-18-6-3-7-19-45/h2-33,37,39-43H,34-36,38H2,1H3. The van der Waals surface area contributed by atoms with Gasteiger partial charge in [-0.2, -0.15) is 0 Å². The summed E-state index contributed by atoms with van der Waals surface area (Å²) >= 11 is 0. The average Bonchev–Trinajstić information content (AvgIpc) is 3.83. The van der Waals surface area contributed by atoms with Crippen LogP contribution in [0.15, 0.2) is 224 Å². The fourth-order valence-corrected chi connectivity index (χ4v) is 13.7. The van der Waals surface area contributed by atoms with E-state index in [4.69, 9.17) is 0 Å². The number of fused-ring (bicyclic) bond motifs is 17. The lowest BCUT2D eigenvalue weighted by Crippen LogP contribution is -2.36. The zero-order valence-corrected chi connectivity index (χ0v) is 37.2. The Labute approximate surface area is 387 Å². The molecule has 314 valence electrons. The minimum Gasteiger partial charge on any atom is -0.310 e. The largest absolute Gasteiger partial charge is 0.310 e. The Balaban J connectivity index is 1.06. The molecule has 0 heterocycles. The summed E-state index contributed by atoms with van der Waals surface area (Å²) < 4.78 is 0. The molecule has 66 heavy (non-hydrogen) atoms. The van der Waals surface area contributed by atoms with Gasteiger partial charge in [0.2, 0.25) is 0 Å². The topological polar surface area (TPSA) is 3.24 Å². The lowest BCUT2D eigenvalue weighted by molar-refractivity contribution is 0.284. The number of rotatable bonds is 5. The number of anilines is 3. The van der Waals surface area contributed by atoms with Crippen molar-refractivity contribution in [2.45, 2.75) is 43.4 Å². The molecule has 10 aromatic rings. The molecule has 14 rings (SSSR count). The van der Waals surface area contributed by atoms with E-state index in [1.165, 1.54) is 113 Å². The third-order valence-electron chi connectivity index (χ3n) is 16.3. The van der Waals surface area contributed by atoms with Crippen molar-refractivity contribution in [2.75, 3.05) is 4.90 Å². The first-order valence-electron chi connectivity index (χ1n) is 24.1. The van der Waals surface area contributed by atoms with Crippen LogP contribution in [0.5, 0.6) is 0 Å². The summed E-state index contributed by atoms with van der Waals surface area (Å²) in [5.41, 5.74) is 18.0. The van der Waals surface area contributed by atoms with E-state index < -0.39 is 5.41 Å². The molecule has 1 fully saturated rings. The molecule has 0 N–H and O–H groups in total. The molecule has 0 aliphatic heterocycles. The predicted octanol–water partition coefficient (Wildman–Crippen LogP) is 17.0. The van der Waals surface area contributed by atoms with Gasteiger partial charge in [-0.3, -0.25) is 0 Å². The summed E-state index contributed by atoms with van der Waals surface area (Å²) in [6, 6.07) is 80.8. The van der Waals surface area contributed by atoms with Crippen molar-refractivity contribution in [2.24, 2.45) is 11.8 Å². The summed E-state index contributed by atoms with van der Waals surface area (Å²) in [7, 11) is 0. The first kappa shape index (κ1) is 37.9. The third kappa shape index (κ3) is 5.17. The van der Waals surface area contributed by atoms with E-state index in [2.05, 4.69) is 230 Å². The molecule has 1 saturated carbocycles. The Bertz CT molecular complexity index is 3560. The van der Waals surface area contributed by atoms with Crippen molar-refractivity contribution in [3.63, 3.8) is 0 Å². The van der Waals surface area contributed by atoms with Gasteiger partial charge in [0.05, 0.1) is 5.41 Å². The maximum atomic E-state index is 2.66. The number of nitrogens with zero attached hydrogens (tertiary/aromatic N) is 1. The predicted molar refractivity (Wildman–Crippen MR) is 276 cm³/mol. The van der Waals surface area contributed by atoms with Crippen LogP contribution in [-0.2, 0) is 10.8 Å². The van der Waals surface area contributed by atoms with E-state index >= 15 is 0 Å². The summed E-state index contributed by atoms with van der Waals surface area (Å²) in [6.45, 7) is 2.44. The van der Waals surface area contributed by atoms with Crippen LogP contribution in [0.1, 0.15) is 66.0 Å². The van der Waals surface area contributed by atoms with Gasteiger partial charge in [0.15, 0.2) is 0 Å². The van der Waals surface area contributed by atoms with Crippen molar-refractivity contribution in [1.29, 1.82) is 0 Å². The van der Waals surface area contributed by atoms with Gasteiger partial charge in [-0.05, 0) is 162 Å². The van der Waals surface area contributed by atoms with E-state index in [1.54, 1.807) is 5.57 Å². The Morgan fingerprint density at radius 3 is 1.53 bits per heavy atom. The molecule has 3 atom stereocenters. The zero-order chi connectivity index (χ0) is 43.6. The normalized spacial score (nSPS) is 19.6. The third-order valence-corrected chi connectivity index (χ3v) is 16.3. The second-order valence-corrected chi connectivity index (χ2v) is 19.6. The summed E-state index contributed by atoms with van der Waals surface area (Å²) in [5, 5.41) is 7.71. The van der Waals surface area contributed by atoms with Crippen LogP contribution in [-0.4, -0.2) is 0 Å². The van der Waals surface area contributed by atoms with Gasteiger partial charge >= 0.3 is 0 Å². The molecule has 2 bridgehead atoms. The SMILES string of the molecule is CC1C=C2CC(CCC23c2ccccc2-c2ccc(N(c4ccc5c(c4)C(c4ccccc4)(c4ccccc4)c4ccccc4-5)c4ccc5c6ccccc6c6ccccc6c5c4)cc23)C1. The molecule has 4 aliphatic rings. The van der Waals surface area contributed by atoms with Gasteiger partial charge in [-0.15, -0.1) is 0 Å². The van der Waals surface area contributed by atoms with Crippen LogP contribution in [0, 0.1) is 11.8 Å². The van der Waals surface area contributed by atoms with E-state index in [1.807, 2.05) is 0 Å². The summed E-state index contributed by atoms with van der Waals surface area (Å²) in [4.78, 5) is 2.58. The van der Waals surface area contributed by atoms with Crippen molar-refractivity contribution in [1.82, 2.24) is 0 Å². The Kier molecular flexibility index (Phi) is 8.18. The quantitative estimate of drug-likeness (QED) is 0.123. The van der Waals surface area contributed by atoms with Gasteiger partial charge in [0.25, 0.3) is 0 Å². The van der Waals surface area contributed by atoms with Crippen LogP contribution in [0.3, 0.4) is 0 Å². The minimum atomic E-state index is -0.513. The van der Waals surface area contributed by atoms with Crippen molar-refractivity contribution in [3.05, 3.63) is 257 Å². The highest BCUT2D eigenvalue weighted by Gasteiger charge is 2.50. The van der Waals surface area contributed by atoms with Crippen LogP contribution in [0.4, 0.5) is 17.1 Å². The maximum absolute atomic E-state index is 2.66. The van der Waals surface area contributed by atoms with Crippen LogP contribution in [0.25, 0.3) is 54.6 Å². The molecule has 1 nitrogen and oxygen atoms in total. The van der Waals surface area contributed by atoms with E-state index in [0.717, 1.165) is 23.7 Å². The first-order valence-corrected chi connectivity index (χ1v) is 24.1. The lowest BCUT2D eigenvalue weighted by Gasteiger charge is -2.45. The average molecular weight is 844 g/mol. The van der Waals surface area contributed by atoms with Gasteiger partial charge in [0, 0.05) is 22.5 Å². The van der Waals surface area contributed by atoms with Crippen LogP contribution < -0.4 is 4.90 Å². The van der Waals surface area contributed by atoms with Crippen molar-refractivity contribution < 1.29 is 0 Å². The zero-order valence-electron chi connectivity index (χ0n) is 37.2. The molecular weight excluding hydrogens is 795 g/mol. The smallest absolute Gasteiger partial charge is 0.0714 e. The number of benzene rings is 10. The fraction of sp³-hybridized carbons (Fsp3) is 0.138. The van der Waals surface area contributed by atoms with Crippen LogP contribution >= 0.6 is 0 Å². The monoisotopic (exact) mass is 843 g/mol. The maximum Gasteiger partial charge on any atom is 0.0714 e. The lowest BCUT2D eigenvalue weighted by atomic mass is 9.58. The van der Waals surface area contributed by atoms with E-state index in [9.17, 15) is 0 Å². The van der Waals surface area contributed by atoms with Gasteiger partial charge in [-0.25, -0.2) is 0 Å². The van der Waals surface area contributed by atoms with Crippen molar-refractivity contribution >= 4 is 49.4 Å². The van der Waals surface area contributed by atoms with E-state index in [0.29, 0.717) is 5.92 Å². The molecule has 1 heteroatoms. The number of hydrogen-bond acceptors (Lipinski definition) is 1. The summed E-state index contributed by atoms with van der Waals surface area (Å²) in [5.74, 6) is 1.37. The Morgan fingerprint density at radius 2 is 0.879 bits per heavy atom. The van der Waals surface area contributed by atoms with Crippen molar-refractivity contribution in [3.8, 4) is 22.3 Å². The van der Waals surface area contributed by atoms with E-state index in [-0.39, 0.29) is 5.41 Å². The number of hydrogen-bond donors (Lipinski definition) is 0. The molecule has 10 aromatic carbocycles. The van der Waals surface area contributed by atoms with Gasteiger partial charge in [0.1, 0.15) is 0 Å². The molecule has 3 unspecified atom stereocenters. The molecule has 0 radical (unpaired) electrons. The molecule has 1 spiro atoms. The fourth-order valence-electron chi connectivity index (χ4n) is 13.7. The van der Waals surface area contributed by atoms with Crippen LogP contribution in [0.2, 0.25) is 0 Å². The highest BCUT2D eigenvalue weighted by Crippen LogP contribution is 2.62. The molecule has 4 aliphatic carbocycles. The molecule has 0 saturated heterocycles. The number of allylic oxidation sites excluding steroid dienone is 2. The molecular formula is C65H49N. The molecule has 0 aromatic heterocycles. The minimum absolute atomic E-state index is 0.118. The highest BCUT2D eigenvalue weighted by atomic mass is 15.1. The first-order chi connectivity index (χ1) is 32.6. The molecule has 0 amide bonds. The highest BCUT2D eigenvalue weighted by molar-refractivity contribution is 6.25. The van der Waals surface area contributed by atoms with Gasteiger partial charge < -0.3 is 4.90 Å².